The van der Waals surface area contributed by atoms with Crippen molar-refractivity contribution in [2.45, 2.75) is 161 Å². The molecule has 0 spiro atoms. The molecule has 1 amide bonds. The summed E-state index contributed by atoms with van der Waals surface area (Å²) in [6.45, 7) is 17.3. The standard InChI is InChI=1S/C36H65N3O11/c1-13-15-16-37-33(42)47-28-22(5)29(48-32-27(40)25(38(10)11)17-21(4)45-32)35(8,44)18-20(3)19-39(12)24(7)30-36(9,50-34(43)49-30)26(14-2)46-31(41)23(28)6/h20-30,32,40,44H,13-19H2,1-12H3,(H,37,42)/t20-,21-,22+,23-,24-,25+,26-,27-,28+,29-,30-,32+,35+,36-/m1/s1. The second-order valence-corrected chi connectivity index (χ2v) is 15.7. The molecule has 0 unspecified atom stereocenters. The van der Waals surface area contributed by atoms with Gasteiger partial charge in [0.15, 0.2) is 18.0 Å². The lowest BCUT2D eigenvalue weighted by molar-refractivity contribution is -0.299. The number of hydrogen-bond donors (Lipinski definition) is 3. The maximum atomic E-state index is 14.1. The average molecular weight is 716 g/mol. The number of esters is 1. The maximum absolute atomic E-state index is 14.1. The Bertz CT molecular complexity index is 1140. The first-order chi connectivity index (χ1) is 23.3. The predicted octanol–water partition coefficient (Wildman–Crippen LogP) is 3.69. The Labute approximate surface area is 298 Å². The molecule has 0 aromatic heterocycles. The van der Waals surface area contributed by atoms with Crippen LogP contribution in [0.2, 0.25) is 0 Å². The number of carbonyl (C=O) groups excluding carboxylic acids is 3. The summed E-state index contributed by atoms with van der Waals surface area (Å²) in [6, 6.07) is -0.619. The van der Waals surface area contributed by atoms with Crippen molar-refractivity contribution in [1.29, 1.82) is 0 Å². The Morgan fingerprint density at radius 3 is 2.36 bits per heavy atom. The molecule has 3 fully saturated rings. The molecule has 0 radical (unpaired) electrons. The van der Waals surface area contributed by atoms with Gasteiger partial charge in [0.25, 0.3) is 0 Å². The molecule has 14 atom stereocenters. The Morgan fingerprint density at radius 1 is 1.10 bits per heavy atom. The topological polar surface area (TPSA) is 166 Å². The van der Waals surface area contributed by atoms with E-state index in [1.807, 2.05) is 65.6 Å². The molecule has 0 aromatic carbocycles. The van der Waals surface area contributed by atoms with E-state index in [1.165, 1.54) is 0 Å². The van der Waals surface area contributed by atoms with Crippen molar-refractivity contribution in [3.8, 4) is 0 Å². The van der Waals surface area contributed by atoms with Crippen molar-refractivity contribution < 1.29 is 53.0 Å². The largest absolute Gasteiger partial charge is 0.509 e. The van der Waals surface area contributed by atoms with Gasteiger partial charge in [0.1, 0.15) is 18.3 Å². The molecule has 14 heteroatoms. The summed E-state index contributed by atoms with van der Waals surface area (Å²) in [5.74, 6) is -2.66. The number of rotatable bonds is 8. The summed E-state index contributed by atoms with van der Waals surface area (Å²) >= 11 is 0. The van der Waals surface area contributed by atoms with Crippen LogP contribution in [0.1, 0.15) is 94.4 Å². The highest BCUT2D eigenvalue weighted by atomic mass is 16.8. The van der Waals surface area contributed by atoms with E-state index in [1.54, 1.807) is 27.7 Å². The SMILES string of the molecule is CCCCNC(=O)O[C@H]1[C@H](C)[C@@H](O[C@@H]2O[C@H](C)C[C@H](N(C)C)[C@H]2O)[C@@](C)(O)C[C@@H](C)CN(C)[C@H](C)[C@H]2OC(=O)O[C@]2(C)[C@@H](CC)OC(=O)[C@@H]1C. The van der Waals surface area contributed by atoms with Crippen LogP contribution in [0.25, 0.3) is 0 Å². The molecule has 3 aliphatic heterocycles. The van der Waals surface area contributed by atoms with Gasteiger partial charge in [-0.25, -0.2) is 9.59 Å². The number of aliphatic hydroxyl groups excluding tert-OH is 1. The Hall–Kier alpha value is -2.23. The third kappa shape index (κ3) is 9.80. The first-order valence-corrected chi connectivity index (χ1v) is 18.4. The van der Waals surface area contributed by atoms with Crippen LogP contribution >= 0.6 is 0 Å². The van der Waals surface area contributed by atoms with Gasteiger partial charge in [0.2, 0.25) is 0 Å². The van der Waals surface area contributed by atoms with Crippen LogP contribution < -0.4 is 5.32 Å². The molecule has 0 aliphatic carbocycles. The lowest BCUT2D eigenvalue weighted by Gasteiger charge is -2.47. The van der Waals surface area contributed by atoms with Crippen LogP contribution in [0, 0.1) is 17.8 Å². The van der Waals surface area contributed by atoms with E-state index in [9.17, 15) is 24.6 Å². The zero-order chi connectivity index (χ0) is 37.7. The predicted molar refractivity (Wildman–Crippen MR) is 185 cm³/mol. The number of nitrogens with one attached hydrogen (secondary N) is 1. The molecule has 14 nitrogen and oxygen atoms in total. The summed E-state index contributed by atoms with van der Waals surface area (Å²) in [5, 5.41) is 26.6. The summed E-state index contributed by atoms with van der Waals surface area (Å²) in [7, 11) is 5.66. The fourth-order valence-corrected chi connectivity index (χ4v) is 8.08. The van der Waals surface area contributed by atoms with Crippen LogP contribution in [0.4, 0.5) is 9.59 Å². The monoisotopic (exact) mass is 715 g/mol. The lowest BCUT2D eigenvalue weighted by Crippen LogP contribution is -2.59. The molecule has 0 aromatic rings. The van der Waals surface area contributed by atoms with Gasteiger partial charge in [-0.2, -0.15) is 0 Å². The molecular formula is C36H65N3O11. The van der Waals surface area contributed by atoms with Gasteiger partial charge in [-0.05, 0) is 87.4 Å². The molecule has 0 bridgehead atoms. The number of ether oxygens (including phenoxy) is 6. The van der Waals surface area contributed by atoms with Crippen molar-refractivity contribution in [2.75, 3.05) is 34.2 Å². The first-order valence-electron chi connectivity index (χ1n) is 18.4. The van der Waals surface area contributed by atoms with Crippen LogP contribution in [-0.4, -0.2) is 139 Å². The molecule has 3 saturated heterocycles. The highest BCUT2D eigenvalue weighted by molar-refractivity contribution is 5.74. The van der Waals surface area contributed by atoms with Gasteiger partial charge in [-0.1, -0.05) is 34.1 Å². The normalized spacial score (nSPS) is 42.4. The van der Waals surface area contributed by atoms with E-state index in [0.29, 0.717) is 25.9 Å². The summed E-state index contributed by atoms with van der Waals surface area (Å²) in [5.41, 5.74) is -2.86. The van der Waals surface area contributed by atoms with Crippen LogP contribution in [-0.2, 0) is 33.2 Å². The number of unbranched alkanes of at least 4 members (excludes halogenated alkanes) is 1. The van der Waals surface area contributed by atoms with E-state index in [4.69, 9.17) is 28.4 Å². The molecule has 3 heterocycles. The molecule has 0 saturated carbocycles. The Balaban J connectivity index is 2.13. The van der Waals surface area contributed by atoms with Crippen molar-refractivity contribution in [3.05, 3.63) is 0 Å². The average Bonchev–Trinajstić information content (AvgIpc) is 3.34. The smallest absolute Gasteiger partial charge is 0.458 e. The van der Waals surface area contributed by atoms with E-state index in [-0.39, 0.29) is 30.5 Å². The van der Waals surface area contributed by atoms with Crippen LogP contribution in [0.3, 0.4) is 0 Å². The third-order valence-electron chi connectivity index (χ3n) is 10.9. The van der Waals surface area contributed by atoms with E-state index < -0.39 is 78.1 Å². The summed E-state index contributed by atoms with van der Waals surface area (Å²) in [4.78, 5) is 43.9. The number of hydrogen-bond acceptors (Lipinski definition) is 13. The molecular weight excluding hydrogens is 650 g/mol. The minimum Gasteiger partial charge on any atom is -0.458 e. The summed E-state index contributed by atoms with van der Waals surface area (Å²) < 4.78 is 36.4. The maximum Gasteiger partial charge on any atom is 0.509 e. The number of alkyl carbamates (subject to hydrolysis) is 1. The zero-order valence-corrected chi connectivity index (χ0v) is 32.3. The Kier molecular flexibility index (Phi) is 14.8. The quantitative estimate of drug-likeness (QED) is 0.190. The molecule has 3 rings (SSSR count). The van der Waals surface area contributed by atoms with E-state index in [2.05, 4.69) is 5.32 Å². The highest BCUT2D eigenvalue weighted by Crippen LogP contribution is 2.40. The van der Waals surface area contributed by atoms with Crippen molar-refractivity contribution in [2.24, 2.45) is 17.8 Å². The molecule has 3 aliphatic rings. The van der Waals surface area contributed by atoms with Crippen LogP contribution in [0.15, 0.2) is 0 Å². The summed E-state index contributed by atoms with van der Waals surface area (Å²) in [6.07, 6.45) is -5.11. The minimum absolute atomic E-state index is 0.121. The third-order valence-corrected chi connectivity index (χ3v) is 10.9. The van der Waals surface area contributed by atoms with Crippen molar-refractivity contribution in [1.82, 2.24) is 15.1 Å². The van der Waals surface area contributed by atoms with Crippen LogP contribution in [0.5, 0.6) is 0 Å². The molecule has 50 heavy (non-hydrogen) atoms. The second kappa shape index (κ2) is 17.5. The minimum atomic E-state index is -1.56. The second-order valence-electron chi connectivity index (χ2n) is 15.7. The number of aliphatic hydroxyl groups is 2. The van der Waals surface area contributed by atoms with Gasteiger partial charge in [-0.3, -0.25) is 9.69 Å². The van der Waals surface area contributed by atoms with Crippen molar-refractivity contribution in [3.63, 3.8) is 0 Å². The van der Waals surface area contributed by atoms with Crippen molar-refractivity contribution >= 4 is 18.2 Å². The highest BCUT2D eigenvalue weighted by Gasteiger charge is 2.58. The van der Waals surface area contributed by atoms with Gasteiger partial charge in [0.05, 0.1) is 23.7 Å². The number of nitrogens with zero attached hydrogens (tertiary/aromatic N) is 2. The Morgan fingerprint density at radius 2 is 1.76 bits per heavy atom. The fraction of sp³-hybridized carbons (Fsp3) is 0.917. The first kappa shape index (κ1) is 42.2. The fourth-order valence-electron chi connectivity index (χ4n) is 8.08. The molecule has 3 N–H and O–H groups in total. The molecule has 290 valence electrons. The number of cyclic esters (lactones) is 1. The number of fused-ring (bicyclic) bond motifs is 1. The number of carbonyl (C=O) groups is 3. The van der Waals surface area contributed by atoms with Gasteiger partial charge in [-0.15, -0.1) is 0 Å². The lowest BCUT2D eigenvalue weighted by atomic mass is 9.77. The number of likely N-dealkylation sites (N-methyl/N-ethyl adjacent to an activating group) is 2. The van der Waals surface area contributed by atoms with Gasteiger partial charge in [0, 0.05) is 31.1 Å². The van der Waals surface area contributed by atoms with Gasteiger partial charge >= 0.3 is 18.2 Å². The van der Waals surface area contributed by atoms with E-state index >= 15 is 0 Å². The van der Waals surface area contributed by atoms with E-state index in [0.717, 1.165) is 12.8 Å². The van der Waals surface area contributed by atoms with Gasteiger partial charge < -0.3 is 48.9 Å². The zero-order valence-electron chi connectivity index (χ0n) is 32.3. The number of amides is 1.